The lowest BCUT2D eigenvalue weighted by molar-refractivity contribution is -0.262. The summed E-state index contributed by atoms with van der Waals surface area (Å²) in [6.45, 7) is 16.2. The highest BCUT2D eigenvalue weighted by atomic mass is 16.6. The first-order valence-electron chi connectivity index (χ1n) is 16.2. The van der Waals surface area contributed by atoms with Gasteiger partial charge in [-0.1, -0.05) is 59.3 Å². The minimum Gasteiger partial charge on any atom is -0.456 e. The number of aliphatic hydroxyl groups excluding tert-OH is 5. The van der Waals surface area contributed by atoms with Gasteiger partial charge in [0.05, 0.1) is 30.8 Å². The van der Waals surface area contributed by atoms with Gasteiger partial charge in [0.25, 0.3) is 0 Å². The first-order chi connectivity index (χ1) is 19.4. The monoisotopic (exact) mass is 588 g/mol. The predicted molar refractivity (Wildman–Crippen MR) is 161 cm³/mol. The molecule has 0 bridgehead atoms. The molecule has 1 unspecified atom stereocenters. The molecule has 4 fully saturated rings. The zero-order valence-corrected chi connectivity index (χ0v) is 27.1. The lowest BCUT2D eigenvalue weighted by atomic mass is 9.33. The van der Waals surface area contributed by atoms with Crippen LogP contribution in [0.3, 0.4) is 0 Å². The van der Waals surface area contributed by atoms with Gasteiger partial charge in [-0.15, -0.1) is 0 Å². The Morgan fingerprint density at radius 1 is 0.952 bits per heavy atom. The quantitative estimate of drug-likeness (QED) is 0.185. The number of hydrogen-bond donors (Lipinski definition) is 5. The summed E-state index contributed by atoms with van der Waals surface area (Å²) in [5, 5.41) is 56.6. The summed E-state index contributed by atoms with van der Waals surface area (Å²) in [7, 11) is 0. The highest BCUT2D eigenvalue weighted by Crippen LogP contribution is 2.75. The zero-order chi connectivity index (χ0) is 31.3. The van der Waals surface area contributed by atoms with E-state index in [1.165, 1.54) is 5.57 Å². The summed E-state index contributed by atoms with van der Waals surface area (Å²) in [5.74, 6) is -0.241. The fourth-order valence-corrected chi connectivity index (χ4v) is 11.5. The van der Waals surface area contributed by atoms with Crippen molar-refractivity contribution in [2.45, 2.75) is 125 Å². The molecule has 12 atom stereocenters. The Morgan fingerprint density at radius 3 is 2.21 bits per heavy atom. The summed E-state index contributed by atoms with van der Waals surface area (Å²) in [6.07, 6.45) is 5.72. The van der Waals surface area contributed by atoms with E-state index >= 15 is 0 Å². The fraction of sp³-hybridized carbons (Fsp3) is 0.857. The van der Waals surface area contributed by atoms with Gasteiger partial charge < -0.3 is 30.3 Å². The maximum atomic E-state index is 12.9. The van der Waals surface area contributed by atoms with Crippen LogP contribution in [0.5, 0.6) is 0 Å². The first kappa shape index (κ1) is 32.2. The molecule has 7 heteroatoms. The van der Waals surface area contributed by atoms with Crippen molar-refractivity contribution in [1.29, 1.82) is 0 Å². The van der Waals surface area contributed by atoms with Crippen LogP contribution in [0.15, 0.2) is 23.3 Å². The van der Waals surface area contributed by atoms with Gasteiger partial charge in [0.15, 0.2) is 0 Å². The van der Waals surface area contributed by atoms with Crippen LogP contribution in [0.2, 0.25) is 0 Å². The van der Waals surface area contributed by atoms with Gasteiger partial charge >= 0.3 is 5.97 Å². The third kappa shape index (κ3) is 3.92. The lowest BCUT2D eigenvalue weighted by Crippen LogP contribution is -2.72. The zero-order valence-electron chi connectivity index (χ0n) is 27.1. The second-order valence-electron chi connectivity index (χ2n) is 16.5. The Hall–Kier alpha value is -1.25. The molecule has 0 heterocycles. The molecule has 4 saturated carbocycles. The highest BCUT2D eigenvalue weighted by Gasteiger charge is 2.72. The second kappa shape index (κ2) is 10.1. The SMILES string of the molecule is C/C=C(\C)C(=O)O[C@@H]1[C@@H](O)[C@@]2(CO)[C@H](O)C[C@@]3(C)C(=CC[C@@H]4[C@]3(C)CCC3[C@@](C)(CO)[C@H](O)CC[C@]34C)[C@@H]2CC1(C)C. The van der Waals surface area contributed by atoms with Crippen molar-refractivity contribution in [3.8, 4) is 0 Å². The molecule has 5 rings (SSSR count). The summed E-state index contributed by atoms with van der Waals surface area (Å²) < 4.78 is 5.93. The van der Waals surface area contributed by atoms with Crippen molar-refractivity contribution in [2.75, 3.05) is 13.2 Å². The topological polar surface area (TPSA) is 127 Å². The number of carbonyl (C=O) groups is 1. The Labute approximate surface area is 252 Å². The molecule has 7 nitrogen and oxygen atoms in total. The van der Waals surface area contributed by atoms with Gasteiger partial charge in [-0.3, -0.25) is 0 Å². The number of aliphatic hydroxyl groups is 5. The van der Waals surface area contributed by atoms with Crippen LogP contribution in [-0.4, -0.2) is 69.1 Å². The fourth-order valence-electron chi connectivity index (χ4n) is 11.5. The Morgan fingerprint density at radius 2 is 1.62 bits per heavy atom. The molecule has 0 radical (unpaired) electrons. The van der Waals surface area contributed by atoms with Crippen LogP contribution in [0, 0.1) is 50.2 Å². The molecule has 42 heavy (non-hydrogen) atoms. The first-order valence-corrected chi connectivity index (χ1v) is 16.2. The molecular formula is C35H56O7. The van der Waals surface area contributed by atoms with Crippen molar-refractivity contribution in [1.82, 2.24) is 0 Å². The standard InChI is InChI=1S/C35H56O7/c1-9-20(2)29(41)42-28-27(40)35(19-37)22(16-30(28,3)4)21-10-11-24-31(5)14-13-25(38)32(6,18-36)23(31)12-15-33(24,7)34(21,8)17-26(35)39/h9-10,22-28,36-40H,11-19H2,1-8H3/b20-9+/t22-,23?,24-,25+,26+,27+,28+,31+,32+,33-,34-,35+/m0/s1. The molecule has 0 saturated heterocycles. The largest absolute Gasteiger partial charge is 0.456 e. The van der Waals surface area contributed by atoms with E-state index in [4.69, 9.17) is 4.74 Å². The number of esters is 1. The maximum absolute atomic E-state index is 12.9. The minimum atomic E-state index is -1.23. The van der Waals surface area contributed by atoms with Crippen LogP contribution in [-0.2, 0) is 9.53 Å². The molecular weight excluding hydrogens is 532 g/mol. The third-order valence-electron chi connectivity index (χ3n) is 14.5. The average molecular weight is 589 g/mol. The van der Waals surface area contributed by atoms with E-state index in [1.54, 1.807) is 19.9 Å². The molecule has 5 aliphatic carbocycles. The summed E-state index contributed by atoms with van der Waals surface area (Å²) >= 11 is 0. The highest BCUT2D eigenvalue weighted by molar-refractivity contribution is 5.87. The van der Waals surface area contributed by atoms with Crippen molar-refractivity contribution < 1.29 is 35.1 Å². The van der Waals surface area contributed by atoms with Crippen LogP contribution < -0.4 is 0 Å². The van der Waals surface area contributed by atoms with Crippen LogP contribution in [0.1, 0.15) is 100 Å². The molecule has 0 aromatic heterocycles. The van der Waals surface area contributed by atoms with Gasteiger partial charge in [-0.2, -0.15) is 0 Å². The Kier molecular flexibility index (Phi) is 7.76. The van der Waals surface area contributed by atoms with Crippen LogP contribution in [0.4, 0.5) is 0 Å². The van der Waals surface area contributed by atoms with E-state index in [0.717, 1.165) is 25.7 Å². The van der Waals surface area contributed by atoms with E-state index in [0.29, 0.717) is 30.8 Å². The second-order valence-corrected chi connectivity index (χ2v) is 16.5. The van der Waals surface area contributed by atoms with Crippen LogP contribution in [0.25, 0.3) is 0 Å². The van der Waals surface area contributed by atoms with Crippen molar-refractivity contribution >= 4 is 5.97 Å². The summed E-state index contributed by atoms with van der Waals surface area (Å²) in [4.78, 5) is 12.9. The van der Waals surface area contributed by atoms with Gasteiger partial charge in [0, 0.05) is 16.4 Å². The Bertz CT molecular complexity index is 1160. The van der Waals surface area contributed by atoms with E-state index in [-0.39, 0.29) is 34.7 Å². The van der Waals surface area contributed by atoms with Gasteiger partial charge in [0.2, 0.25) is 0 Å². The number of rotatable bonds is 4. The van der Waals surface area contributed by atoms with Crippen molar-refractivity contribution in [2.24, 2.45) is 50.2 Å². The molecule has 5 N–H and O–H groups in total. The number of fused-ring (bicyclic) bond motifs is 7. The molecule has 0 spiro atoms. The van der Waals surface area contributed by atoms with Gasteiger partial charge in [-0.25, -0.2) is 4.79 Å². The van der Waals surface area contributed by atoms with Crippen molar-refractivity contribution in [3.63, 3.8) is 0 Å². The van der Waals surface area contributed by atoms with Gasteiger partial charge in [0.1, 0.15) is 12.2 Å². The molecule has 0 aromatic carbocycles. The predicted octanol–water partition coefficient (Wildman–Crippen LogP) is 4.54. The van der Waals surface area contributed by atoms with Crippen LogP contribution >= 0.6 is 0 Å². The number of carbonyl (C=O) groups excluding carboxylic acids is 1. The third-order valence-corrected chi connectivity index (χ3v) is 14.5. The van der Waals surface area contributed by atoms with E-state index < -0.39 is 53.2 Å². The Balaban J connectivity index is 1.58. The smallest absolute Gasteiger partial charge is 0.333 e. The minimum absolute atomic E-state index is 0.0255. The maximum Gasteiger partial charge on any atom is 0.333 e. The van der Waals surface area contributed by atoms with Crippen molar-refractivity contribution in [3.05, 3.63) is 23.3 Å². The molecule has 0 aliphatic heterocycles. The number of hydrogen-bond acceptors (Lipinski definition) is 7. The summed E-state index contributed by atoms with van der Waals surface area (Å²) in [5.41, 5.74) is -1.25. The van der Waals surface area contributed by atoms with E-state index in [9.17, 15) is 30.3 Å². The lowest BCUT2D eigenvalue weighted by Gasteiger charge is -2.72. The van der Waals surface area contributed by atoms with Gasteiger partial charge in [-0.05, 0) is 92.8 Å². The summed E-state index contributed by atoms with van der Waals surface area (Å²) in [6, 6.07) is 0. The average Bonchev–Trinajstić information content (AvgIpc) is 2.93. The number of allylic oxidation sites excluding steroid dienone is 3. The molecule has 5 aliphatic rings. The van der Waals surface area contributed by atoms with E-state index in [1.807, 2.05) is 13.8 Å². The van der Waals surface area contributed by atoms with E-state index in [2.05, 4.69) is 33.8 Å². The molecule has 0 aromatic rings. The molecule has 238 valence electrons. The normalized spacial score (nSPS) is 51.8. The number of ether oxygens (including phenoxy) is 1. The molecule has 0 amide bonds.